The van der Waals surface area contributed by atoms with Gasteiger partial charge in [0.1, 0.15) is 17.1 Å². The third-order valence-corrected chi connectivity index (χ3v) is 3.69. The Morgan fingerprint density at radius 2 is 1.64 bits per heavy atom. The number of nitrogens with one attached hydrogen (secondary N) is 1. The molecule has 1 heterocycles. The van der Waals surface area contributed by atoms with Gasteiger partial charge in [-0.2, -0.15) is 0 Å². The first kappa shape index (κ1) is 18.3. The number of anilines is 1. The number of carbonyl (C=O) groups is 3. The van der Waals surface area contributed by atoms with Crippen LogP contribution in [0.5, 0.6) is 0 Å². The predicted octanol–water partition coefficient (Wildman–Crippen LogP) is 2.79. The third kappa shape index (κ3) is 4.26. The molecule has 0 saturated carbocycles. The van der Waals surface area contributed by atoms with Crippen molar-refractivity contribution in [3.63, 3.8) is 0 Å². The summed E-state index contributed by atoms with van der Waals surface area (Å²) >= 11 is 0. The first-order chi connectivity index (χ1) is 11.8. The quantitative estimate of drug-likeness (QED) is 0.837. The summed E-state index contributed by atoms with van der Waals surface area (Å²) in [6, 6.07) is 6.16. The Morgan fingerprint density at radius 1 is 1.00 bits per heavy atom. The van der Waals surface area contributed by atoms with Gasteiger partial charge in [-0.3, -0.25) is 4.79 Å². The molecule has 0 aliphatic rings. The maximum absolute atomic E-state index is 12.1. The number of aryl methyl sites for hydroxylation is 2. The molecule has 0 radical (unpaired) electrons. The van der Waals surface area contributed by atoms with Crippen molar-refractivity contribution in [3.05, 3.63) is 52.5 Å². The fraction of sp³-hybridized carbons (Fsp3) is 0.278. The average molecular weight is 345 g/mol. The van der Waals surface area contributed by atoms with Crippen LogP contribution in [0.1, 0.15) is 37.8 Å². The Balaban J connectivity index is 1.92. The Hall–Kier alpha value is -3.09. The standard InChI is InChI=1S/C18H19NO6/c1-10-11(2)25-12(3)16(10)18(22)24-9-15(20)19-14-7-5-13(6-8-14)17(21)23-4/h5-8H,9H2,1-4H3,(H,19,20). The largest absolute Gasteiger partial charge is 0.465 e. The van der Waals surface area contributed by atoms with E-state index in [0.29, 0.717) is 33.9 Å². The molecule has 0 spiro atoms. The lowest BCUT2D eigenvalue weighted by Crippen LogP contribution is -2.21. The molecule has 7 nitrogen and oxygen atoms in total. The number of methoxy groups -OCH3 is 1. The van der Waals surface area contributed by atoms with Crippen LogP contribution in [-0.4, -0.2) is 31.6 Å². The number of hydrogen-bond donors (Lipinski definition) is 1. The zero-order chi connectivity index (χ0) is 18.6. The van der Waals surface area contributed by atoms with E-state index in [-0.39, 0.29) is 0 Å². The van der Waals surface area contributed by atoms with Crippen molar-refractivity contribution in [1.29, 1.82) is 0 Å². The minimum atomic E-state index is -0.608. The lowest BCUT2D eigenvalue weighted by molar-refractivity contribution is -0.119. The summed E-state index contributed by atoms with van der Waals surface area (Å²) in [5, 5.41) is 2.58. The molecule has 0 saturated heterocycles. The van der Waals surface area contributed by atoms with E-state index in [1.54, 1.807) is 32.9 Å². The number of amides is 1. The van der Waals surface area contributed by atoms with Crippen molar-refractivity contribution in [3.8, 4) is 0 Å². The number of furan rings is 1. The fourth-order valence-corrected chi connectivity index (χ4v) is 2.30. The summed E-state index contributed by atoms with van der Waals surface area (Å²) in [6.45, 7) is 4.75. The maximum Gasteiger partial charge on any atom is 0.342 e. The number of esters is 2. The van der Waals surface area contributed by atoms with Crippen LogP contribution in [0, 0.1) is 20.8 Å². The van der Waals surface area contributed by atoms with Gasteiger partial charge in [0, 0.05) is 11.3 Å². The van der Waals surface area contributed by atoms with Crippen LogP contribution in [0.4, 0.5) is 5.69 Å². The minimum Gasteiger partial charge on any atom is -0.465 e. The highest BCUT2D eigenvalue weighted by molar-refractivity contribution is 5.97. The zero-order valence-corrected chi connectivity index (χ0v) is 14.5. The number of ether oxygens (including phenoxy) is 2. The van der Waals surface area contributed by atoms with Gasteiger partial charge in [0.15, 0.2) is 6.61 Å². The normalized spacial score (nSPS) is 10.2. The highest BCUT2D eigenvalue weighted by atomic mass is 16.5. The highest BCUT2D eigenvalue weighted by Crippen LogP contribution is 2.21. The summed E-state index contributed by atoms with van der Waals surface area (Å²) in [5.41, 5.74) is 1.88. The summed E-state index contributed by atoms with van der Waals surface area (Å²) < 4.78 is 15.0. The van der Waals surface area contributed by atoms with Crippen molar-refractivity contribution in [2.75, 3.05) is 19.0 Å². The fourth-order valence-electron chi connectivity index (χ4n) is 2.30. The van der Waals surface area contributed by atoms with E-state index in [9.17, 15) is 14.4 Å². The van der Waals surface area contributed by atoms with E-state index in [4.69, 9.17) is 9.15 Å². The van der Waals surface area contributed by atoms with Crippen LogP contribution < -0.4 is 5.32 Å². The van der Waals surface area contributed by atoms with Gasteiger partial charge in [0.25, 0.3) is 5.91 Å². The Labute approximate surface area is 144 Å². The van der Waals surface area contributed by atoms with Crippen molar-refractivity contribution in [2.45, 2.75) is 20.8 Å². The molecule has 25 heavy (non-hydrogen) atoms. The van der Waals surface area contributed by atoms with E-state index in [2.05, 4.69) is 10.1 Å². The van der Waals surface area contributed by atoms with Crippen LogP contribution in [0.15, 0.2) is 28.7 Å². The molecule has 0 unspecified atom stereocenters. The van der Waals surface area contributed by atoms with Crippen molar-refractivity contribution < 1.29 is 28.3 Å². The molecule has 0 atom stereocenters. The highest BCUT2D eigenvalue weighted by Gasteiger charge is 2.20. The molecule has 2 aromatic rings. The van der Waals surface area contributed by atoms with Crippen LogP contribution in [0.2, 0.25) is 0 Å². The lowest BCUT2D eigenvalue weighted by atomic mass is 10.1. The topological polar surface area (TPSA) is 94.8 Å². The van der Waals surface area contributed by atoms with Crippen LogP contribution in [0.25, 0.3) is 0 Å². The Morgan fingerprint density at radius 3 is 2.16 bits per heavy atom. The zero-order valence-electron chi connectivity index (χ0n) is 14.5. The number of carbonyl (C=O) groups excluding carboxylic acids is 3. The van der Waals surface area contributed by atoms with E-state index < -0.39 is 24.5 Å². The van der Waals surface area contributed by atoms with Gasteiger partial charge in [-0.15, -0.1) is 0 Å². The molecule has 7 heteroatoms. The van der Waals surface area contributed by atoms with Crippen molar-refractivity contribution >= 4 is 23.5 Å². The molecular weight excluding hydrogens is 326 g/mol. The number of benzene rings is 1. The minimum absolute atomic E-state index is 0.340. The second-order valence-electron chi connectivity index (χ2n) is 5.41. The Bertz CT molecular complexity index is 804. The maximum atomic E-state index is 12.1. The smallest absolute Gasteiger partial charge is 0.342 e. The van der Waals surface area contributed by atoms with E-state index >= 15 is 0 Å². The van der Waals surface area contributed by atoms with E-state index in [1.165, 1.54) is 19.2 Å². The second-order valence-corrected chi connectivity index (χ2v) is 5.41. The molecule has 1 amide bonds. The lowest BCUT2D eigenvalue weighted by Gasteiger charge is -2.07. The molecule has 2 rings (SSSR count). The van der Waals surface area contributed by atoms with E-state index in [1.807, 2.05) is 0 Å². The van der Waals surface area contributed by atoms with Crippen LogP contribution >= 0.6 is 0 Å². The van der Waals surface area contributed by atoms with Gasteiger partial charge >= 0.3 is 11.9 Å². The van der Waals surface area contributed by atoms with Crippen LogP contribution in [0.3, 0.4) is 0 Å². The van der Waals surface area contributed by atoms with Gasteiger partial charge in [-0.1, -0.05) is 0 Å². The molecule has 0 fully saturated rings. The third-order valence-electron chi connectivity index (χ3n) is 3.69. The molecule has 0 aliphatic carbocycles. The van der Waals surface area contributed by atoms with Crippen molar-refractivity contribution in [1.82, 2.24) is 0 Å². The molecule has 132 valence electrons. The van der Waals surface area contributed by atoms with Gasteiger partial charge in [0.05, 0.1) is 12.7 Å². The first-order valence-corrected chi connectivity index (χ1v) is 7.55. The monoisotopic (exact) mass is 345 g/mol. The van der Waals surface area contributed by atoms with Gasteiger partial charge < -0.3 is 19.2 Å². The molecule has 1 N–H and O–H groups in total. The number of hydrogen-bond acceptors (Lipinski definition) is 6. The molecule has 1 aromatic carbocycles. The van der Waals surface area contributed by atoms with Gasteiger partial charge in [0.2, 0.25) is 0 Å². The number of rotatable bonds is 5. The molecule has 0 bridgehead atoms. The van der Waals surface area contributed by atoms with Gasteiger partial charge in [-0.05, 0) is 45.0 Å². The first-order valence-electron chi connectivity index (χ1n) is 7.55. The summed E-state index contributed by atoms with van der Waals surface area (Å²) in [7, 11) is 1.29. The molecule has 1 aromatic heterocycles. The molecular formula is C18H19NO6. The Kier molecular flexibility index (Phi) is 5.59. The summed E-state index contributed by atoms with van der Waals surface area (Å²) in [4.78, 5) is 35.3. The van der Waals surface area contributed by atoms with E-state index in [0.717, 1.165) is 0 Å². The molecule has 0 aliphatic heterocycles. The average Bonchev–Trinajstić information content (AvgIpc) is 2.85. The summed E-state index contributed by atoms with van der Waals surface area (Å²) in [5.74, 6) is -0.468. The summed E-state index contributed by atoms with van der Waals surface area (Å²) in [6.07, 6.45) is 0. The predicted molar refractivity (Wildman–Crippen MR) is 89.6 cm³/mol. The second kappa shape index (κ2) is 7.65. The SMILES string of the molecule is COC(=O)c1ccc(NC(=O)COC(=O)c2c(C)oc(C)c2C)cc1. The van der Waals surface area contributed by atoms with Crippen LogP contribution in [-0.2, 0) is 14.3 Å². The van der Waals surface area contributed by atoms with Crippen molar-refractivity contribution in [2.24, 2.45) is 0 Å². The van der Waals surface area contributed by atoms with Gasteiger partial charge in [-0.25, -0.2) is 9.59 Å².